The number of carbonyl (C=O) groups excluding carboxylic acids is 7. The molecule has 2 saturated heterocycles. The number of nitrogens with one attached hydrogen (secondary N) is 2. The molecule has 10 N–H and O–H groups in total. The van der Waals surface area contributed by atoms with Gasteiger partial charge in [0.1, 0.15) is 60.6 Å². The number of aliphatic hydroxyl groups excluding tert-OH is 6. The van der Waals surface area contributed by atoms with E-state index in [0.29, 0.717) is 22.7 Å². The van der Waals surface area contributed by atoms with Crippen molar-refractivity contribution < 1.29 is 112 Å². The van der Waals surface area contributed by atoms with Crippen LogP contribution in [0, 0.1) is 28.6 Å². The minimum Gasteiger partial charge on any atom is -0.492 e. The molecule has 29 heteroatoms. The van der Waals surface area contributed by atoms with Crippen molar-refractivity contribution in [3.63, 3.8) is 0 Å². The Morgan fingerprint density at radius 1 is 0.649 bits per heavy atom. The third-order valence-electron chi connectivity index (χ3n) is 26.9. The predicted octanol–water partition coefficient (Wildman–Crippen LogP) is 12.9. The third-order valence-corrected chi connectivity index (χ3v) is 26.9. The average Bonchev–Trinajstić information content (AvgIpc) is 0.666. The minimum absolute atomic E-state index is 0.00289. The fourth-order valence-electron chi connectivity index (χ4n) is 19.1. The Kier molecular flexibility index (Phi) is 32.8. The maximum Gasteiger partial charge on any atom is 0.340 e. The van der Waals surface area contributed by atoms with Crippen LogP contribution in [0.25, 0.3) is 16.7 Å². The third kappa shape index (κ3) is 21.9. The molecule has 4 aliphatic carbocycles. The van der Waals surface area contributed by atoms with E-state index in [2.05, 4.69) is 180 Å². The summed E-state index contributed by atoms with van der Waals surface area (Å²) in [7, 11) is 5.18. The van der Waals surface area contributed by atoms with Crippen molar-refractivity contribution in [3.8, 4) is 5.75 Å². The fourth-order valence-corrected chi connectivity index (χ4v) is 19.1. The Morgan fingerprint density at radius 3 is 1.69 bits per heavy atom. The molecule has 8 aromatic carbocycles. The van der Waals surface area contributed by atoms with Crippen LogP contribution in [-0.4, -0.2) is 224 Å². The van der Waals surface area contributed by atoms with Crippen LogP contribution in [0.5, 0.6) is 5.75 Å². The molecule has 0 radical (unpaired) electrons. The summed E-state index contributed by atoms with van der Waals surface area (Å²) in [6.45, 7) is 27.0. The molecular weight excluding hydrogens is 1720 g/mol. The van der Waals surface area contributed by atoms with Crippen LogP contribution in [0.4, 0.5) is 4.79 Å². The Hall–Kier alpha value is -12.3. The number of fused-ring (bicyclic) bond motifs is 6. The number of carboxylic acids is 1. The van der Waals surface area contributed by atoms with Gasteiger partial charge < -0.3 is 89.5 Å². The van der Waals surface area contributed by atoms with Gasteiger partial charge in [-0.05, 0) is 191 Å². The molecule has 2 heterocycles. The van der Waals surface area contributed by atoms with Crippen LogP contribution < -0.4 is 15.4 Å². The monoisotopic (exact) mass is 1840 g/mol. The fraction of sp³-hybridized carbons (Fsp3) is 0.410. The van der Waals surface area contributed by atoms with Crippen molar-refractivity contribution in [1.29, 1.82) is 0 Å². The number of esters is 4. The molecule has 3 amide bonds. The Labute approximate surface area is 780 Å². The highest BCUT2D eigenvalue weighted by molar-refractivity contribution is 5.99. The zero-order chi connectivity index (χ0) is 97.9. The molecule has 14 rings (SSSR count). The van der Waals surface area contributed by atoms with Crippen LogP contribution >= 0.6 is 0 Å². The van der Waals surface area contributed by atoms with E-state index in [0.717, 1.165) is 56.3 Å². The Morgan fingerprint density at radius 2 is 1.17 bits per heavy atom. The van der Waals surface area contributed by atoms with Gasteiger partial charge in [-0.3, -0.25) is 19.2 Å². The van der Waals surface area contributed by atoms with Crippen LogP contribution in [0.1, 0.15) is 195 Å². The van der Waals surface area contributed by atoms with Gasteiger partial charge in [0.15, 0.2) is 29.9 Å². The largest absolute Gasteiger partial charge is 0.492 e. The number of aromatic carboxylic acids is 1. The second-order valence-electron chi connectivity index (χ2n) is 37.1. The molecule has 4 fully saturated rings. The molecule has 8 aromatic rings. The van der Waals surface area contributed by atoms with Gasteiger partial charge in [0.25, 0.3) is 5.91 Å². The highest BCUT2D eigenvalue weighted by Gasteiger charge is 2.78. The van der Waals surface area contributed by atoms with Gasteiger partial charge in [-0.1, -0.05) is 219 Å². The number of rotatable bonds is 24. The van der Waals surface area contributed by atoms with Gasteiger partial charge in [0, 0.05) is 51.3 Å². The Bertz CT molecular complexity index is 5600. The number of Topliss-reactive ketones (excluding diaryl/α,β-unsaturated/α-hetero) is 1. The van der Waals surface area contributed by atoms with Gasteiger partial charge >= 0.3 is 35.9 Å². The number of urea groups is 1. The zero-order valence-electron chi connectivity index (χ0n) is 78.2. The number of nitrogens with zero attached hydrogens (tertiary/aromatic N) is 3. The summed E-state index contributed by atoms with van der Waals surface area (Å²) >= 11 is 0. The highest BCUT2D eigenvalue weighted by Crippen LogP contribution is 2.65. The number of ketones is 1. The minimum atomic E-state index is -2.39. The number of carbonyl (C=O) groups is 8. The molecule has 16 atom stereocenters. The van der Waals surface area contributed by atoms with Gasteiger partial charge in [-0.15, -0.1) is 4.91 Å². The van der Waals surface area contributed by atoms with E-state index in [4.69, 9.17) is 43.4 Å². The first kappa shape index (κ1) is 102. The summed E-state index contributed by atoms with van der Waals surface area (Å²) in [6, 6.07) is 62.1. The number of nitroso groups, excluding NO2 is 1. The van der Waals surface area contributed by atoms with E-state index in [-0.39, 0.29) is 46.1 Å². The lowest BCUT2D eigenvalue weighted by molar-refractivity contribution is -0.346. The van der Waals surface area contributed by atoms with Crippen LogP contribution in [-0.2, 0) is 58.4 Å². The molecule has 134 heavy (non-hydrogen) atoms. The van der Waals surface area contributed by atoms with E-state index in [1.165, 1.54) is 83.3 Å². The average molecular weight is 1840 g/mol. The van der Waals surface area contributed by atoms with Crippen LogP contribution in [0.2, 0.25) is 0 Å². The highest BCUT2D eigenvalue weighted by atomic mass is 16.6. The summed E-state index contributed by atoms with van der Waals surface area (Å²) < 4.78 is 40.9. The van der Waals surface area contributed by atoms with E-state index in [1.807, 2.05) is 12.1 Å². The number of carboxylic acid groups (broad SMARTS) is 1. The number of amides is 3. The molecule has 29 nitrogen and oxygen atoms in total. The van der Waals surface area contributed by atoms with E-state index in [1.54, 1.807) is 105 Å². The van der Waals surface area contributed by atoms with Gasteiger partial charge in [0.2, 0.25) is 0 Å². The summed E-state index contributed by atoms with van der Waals surface area (Å²) in [5.41, 5.74) is 7.14. The van der Waals surface area contributed by atoms with E-state index in [9.17, 15) is 69.1 Å². The van der Waals surface area contributed by atoms with Crippen molar-refractivity contribution >= 4 is 64.3 Å². The maximum absolute atomic E-state index is 15.5. The lowest BCUT2D eigenvalue weighted by Crippen LogP contribution is -2.82. The number of aliphatic hydroxyl groups is 7. The van der Waals surface area contributed by atoms with E-state index < -0.39 is 162 Å². The number of hydrogen-bond acceptors (Lipinski definition) is 25. The maximum atomic E-state index is 15.5. The molecule has 712 valence electrons. The molecule has 6 aliphatic rings. The molecule has 2 aliphatic heterocycles. The molecule has 0 aromatic heterocycles. The lowest BCUT2D eigenvalue weighted by atomic mass is 9.44. The molecule has 0 unspecified atom stereocenters. The number of benzene rings is 8. The standard InChI is InChI=1S/C47H51NO14.C26H29NO.C24H28O2.C8H15N3O7/c1-25-31(60-43(56)36(52)35(28-16-10-7-11-17-28)48-41(54)29-18-12-8-13-19-29)23-47(57)40(61-42(55)30-20-14-9-15-21-30)38-45(6,32(51)22-33-46(38,24-58-33)62-27(3)50)39(53)37(59-26(2)49)34(25)44(47,4)5;1-4-25(21-11-7-5-8-12-21)26(22-13-9-6-10-14-22)23-15-17-24(18-16-23)28-20-19-27(2)3;1-15-13-20-21(24(5,6)12-11-23(20,3)4)14-19(15)16(2)17-7-9-18(10-8-17)22(25)26;1-11(10-17)8(16)9-4-6(14)5(13)3(2-12)18-7(4)15/h7-21,31-33,35-38,40,51-52,57H,22-24H2,1-6H3,(H,48,54);5-18H,4,19-20H2,1-3H3;7-10,13-14H,2,11-12H2,1,3-6H3,(H,25,26);3-7,12-15H,2H2,1H3,(H,9,16)/b;26-25-;;/t31-,32-,33+,35-,36+,37+,38-,40-,45+,46-,47+;;;3-,4-,5-,6-,7+/m0..1/s1. The number of ether oxygens (including phenoxy) is 7. The van der Waals surface area contributed by atoms with Crippen molar-refractivity contribution in [2.75, 3.05) is 47.5 Å². The SMILES string of the molecule is C=C(c1ccc(C(=O)O)cc1)c1cc2c(cc1C)C(C)(C)CCC2(C)C.CC(=O)O[C@H]1C(=O)[C@@]2(C)[C@H]([C@H](OC(=O)c3ccccc3)[C@]3(O)C[C@H](OC(=O)[C@H](O)[C@@H](NC(=O)c4ccccc4)c4ccccc4)C(C)=C1C3(C)C)[C@]1(OC(C)=O)CO[C@@H]1C[C@@H]2O.CC/C(=C(\c1ccccc1)c1ccc(OCCN(C)C)cc1)c1ccccc1.CN(N=O)C(=O)N[C@@H]1[C@@H](O)[C@H](O)[C@@H](CO)O[C@@H]1O. The summed E-state index contributed by atoms with van der Waals surface area (Å²) in [4.78, 5) is 118. The molecule has 2 bridgehead atoms. The number of aryl methyl sites for hydroxylation is 1. The number of hydrogen-bond donors (Lipinski definition) is 10. The van der Waals surface area contributed by atoms with Crippen molar-refractivity contribution in [2.24, 2.45) is 22.0 Å². The Balaban J connectivity index is 0.000000197. The summed E-state index contributed by atoms with van der Waals surface area (Å²) in [5.74, 6) is -6.83. The quantitative estimate of drug-likeness (QED) is 0.00671. The second-order valence-corrected chi connectivity index (χ2v) is 37.1. The first-order valence-corrected chi connectivity index (χ1v) is 44.7. The smallest absolute Gasteiger partial charge is 0.340 e. The zero-order valence-corrected chi connectivity index (χ0v) is 78.2. The van der Waals surface area contributed by atoms with Crippen LogP contribution in [0.15, 0.2) is 235 Å². The number of likely N-dealkylation sites (N-methyl/N-ethyl adjacent to an activating group) is 1. The van der Waals surface area contributed by atoms with Crippen LogP contribution in [0.3, 0.4) is 0 Å². The first-order chi connectivity index (χ1) is 63.4. The lowest BCUT2D eigenvalue weighted by Gasteiger charge is -2.67. The topological polar surface area (TPSA) is 423 Å². The normalized spacial score (nSPS) is 25.5. The summed E-state index contributed by atoms with van der Waals surface area (Å²) in [5, 5.41) is 91.7. The predicted molar refractivity (Wildman–Crippen MR) is 501 cm³/mol. The second kappa shape index (κ2) is 43.0. The van der Waals surface area contributed by atoms with Crippen molar-refractivity contribution in [2.45, 2.75) is 211 Å². The van der Waals surface area contributed by atoms with Gasteiger partial charge in [0.05, 0.1) is 53.1 Å². The number of allylic oxidation sites excluding steroid dienone is 1. The van der Waals surface area contributed by atoms with Crippen molar-refractivity contribution in [1.82, 2.24) is 20.5 Å². The molecule has 2 saturated carbocycles. The van der Waals surface area contributed by atoms with Crippen molar-refractivity contribution in [3.05, 3.63) is 302 Å². The molecule has 0 spiro atoms. The molecular formula is C105H123N5O24. The summed E-state index contributed by atoms with van der Waals surface area (Å²) in [6.07, 6.45) is -13.0. The first-order valence-electron chi connectivity index (χ1n) is 44.7. The van der Waals surface area contributed by atoms with E-state index >= 15 is 4.79 Å². The van der Waals surface area contributed by atoms with Gasteiger partial charge in [-0.2, -0.15) is 5.01 Å². The van der Waals surface area contributed by atoms with Gasteiger partial charge in [-0.25, -0.2) is 19.2 Å².